The first-order chi connectivity index (χ1) is 12.7. The van der Waals surface area contributed by atoms with Gasteiger partial charge in [-0.15, -0.1) is 22.0 Å². The molecular weight excluding hydrogens is 382 g/mol. The Hall–Kier alpha value is -1.83. The molecule has 0 saturated heterocycles. The number of nitrogens with one attached hydrogen (secondary N) is 1. The van der Waals surface area contributed by atoms with Crippen LogP contribution in [0.4, 0.5) is 5.13 Å². The van der Waals surface area contributed by atoms with Crippen molar-refractivity contribution in [3.63, 3.8) is 0 Å². The van der Waals surface area contributed by atoms with Crippen molar-refractivity contribution in [2.24, 2.45) is 0 Å². The van der Waals surface area contributed by atoms with E-state index in [1.165, 1.54) is 22.5 Å². The predicted octanol–water partition coefficient (Wildman–Crippen LogP) is 5.26. The van der Waals surface area contributed by atoms with Crippen LogP contribution in [0.15, 0.2) is 65.0 Å². The smallest absolute Gasteiger partial charge is 0.236 e. The van der Waals surface area contributed by atoms with Gasteiger partial charge < -0.3 is 0 Å². The Bertz CT molecular complexity index is 824. The highest BCUT2D eigenvalue weighted by Crippen LogP contribution is 2.37. The molecule has 134 valence electrons. The average Bonchev–Trinajstić information content (AvgIpc) is 3.10. The van der Waals surface area contributed by atoms with Gasteiger partial charge in [-0.3, -0.25) is 10.1 Å². The van der Waals surface area contributed by atoms with E-state index < -0.39 is 0 Å². The van der Waals surface area contributed by atoms with E-state index in [2.05, 4.69) is 46.7 Å². The largest absolute Gasteiger partial charge is 0.300 e. The third-order valence-electron chi connectivity index (χ3n) is 3.54. The van der Waals surface area contributed by atoms with Crippen LogP contribution in [0.5, 0.6) is 0 Å². The van der Waals surface area contributed by atoms with Crippen LogP contribution in [0.25, 0.3) is 0 Å². The molecule has 0 fully saturated rings. The quantitative estimate of drug-likeness (QED) is 0.412. The Balaban J connectivity index is 1.45. The maximum Gasteiger partial charge on any atom is 0.236 e. The van der Waals surface area contributed by atoms with E-state index in [1.54, 1.807) is 23.5 Å². The van der Waals surface area contributed by atoms with Crippen molar-refractivity contribution in [1.29, 1.82) is 0 Å². The third kappa shape index (κ3) is 5.86. The molecule has 0 aliphatic carbocycles. The fourth-order valence-corrected chi connectivity index (χ4v) is 5.07. The highest BCUT2D eigenvalue weighted by molar-refractivity contribution is 8.01. The molecule has 0 spiro atoms. The fourth-order valence-electron chi connectivity index (χ4n) is 2.24. The van der Waals surface area contributed by atoms with Crippen molar-refractivity contribution in [1.82, 2.24) is 10.2 Å². The Morgan fingerprint density at radius 1 is 1.08 bits per heavy atom. The number of thioether (sulfide) groups is 2. The lowest BCUT2D eigenvalue weighted by molar-refractivity contribution is -0.113. The van der Waals surface area contributed by atoms with Gasteiger partial charge in [-0.1, -0.05) is 83.8 Å². The van der Waals surface area contributed by atoms with Gasteiger partial charge in [-0.25, -0.2) is 0 Å². The van der Waals surface area contributed by atoms with Crippen molar-refractivity contribution < 1.29 is 4.79 Å². The number of benzene rings is 2. The summed E-state index contributed by atoms with van der Waals surface area (Å²) in [6.45, 7) is 2.14. The molecule has 0 unspecified atom stereocenters. The third-order valence-corrected chi connectivity index (χ3v) is 6.63. The van der Waals surface area contributed by atoms with Crippen LogP contribution >= 0.6 is 34.9 Å². The molecule has 0 aliphatic heterocycles. The standard InChI is InChI=1S/C19H19N3OS3/c1-14(16-10-6-3-7-11-16)25-19-22-21-18(26-19)20-17(23)13-24-12-15-8-4-2-5-9-15/h2-11,14H,12-13H2,1H3,(H,20,21,23)/t14-/m1/s1. The molecule has 0 radical (unpaired) electrons. The summed E-state index contributed by atoms with van der Waals surface area (Å²) in [4.78, 5) is 12.1. The van der Waals surface area contributed by atoms with Gasteiger partial charge >= 0.3 is 0 Å². The van der Waals surface area contributed by atoms with Gasteiger partial charge in [0.2, 0.25) is 11.0 Å². The number of hydrogen-bond acceptors (Lipinski definition) is 6. The first-order valence-electron chi connectivity index (χ1n) is 8.17. The zero-order valence-electron chi connectivity index (χ0n) is 14.3. The summed E-state index contributed by atoms with van der Waals surface area (Å²) in [5.41, 5.74) is 2.46. The normalized spacial score (nSPS) is 11.9. The lowest BCUT2D eigenvalue weighted by atomic mass is 10.2. The molecule has 1 heterocycles. The second kappa shape index (κ2) is 9.75. The number of amides is 1. The van der Waals surface area contributed by atoms with Gasteiger partial charge in [0.05, 0.1) is 5.75 Å². The Kier molecular flexibility index (Phi) is 7.11. The molecule has 0 bridgehead atoms. The summed E-state index contributed by atoms with van der Waals surface area (Å²) in [6.07, 6.45) is 0. The molecule has 1 N–H and O–H groups in total. The van der Waals surface area contributed by atoms with Crippen molar-refractivity contribution >= 4 is 45.9 Å². The zero-order valence-corrected chi connectivity index (χ0v) is 16.7. The number of hydrogen-bond donors (Lipinski definition) is 1. The van der Waals surface area contributed by atoms with E-state index in [9.17, 15) is 4.79 Å². The molecule has 0 saturated carbocycles. The molecule has 26 heavy (non-hydrogen) atoms. The molecule has 1 aromatic heterocycles. The van der Waals surface area contributed by atoms with Crippen molar-refractivity contribution in [3.05, 3.63) is 71.8 Å². The van der Waals surface area contributed by atoms with Gasteiger partial charge in [0.1, 0.15) is 0 Å². The number of rotatable bonds is 8. The van der Waals surface area contributed by atoms with Gasteiger partial charge in [0, 0.05) is 11.0 Å². The second-order valence-electron chi connectivity index (χ2n) is 5.57. The maximum atomic E-state index is 12.1. The topological polar surface area (TPSA) is 54.9 Å². The number of carbonyl (C=O) groups is 1. The monoisotopic (exact) mass is 401 g/mol. The van der Waals surface area contributed by atoms with E-state index in [0.717, 1.165) is 10.1 Å². The minimum absolute atomic E-state index is 0.0465. The van der Waals surface area contributed by atoms with Crippen LogP contribution in [0.2, 0.25) is 0 Å². The first kappa shape index (κ1) is 18.9. The van der Waals surface area contributed by atoms with E-state index in [4.69, 9.17) is 0 Å². The highest BCUT2D eigenvalue weighted by atomic mass is 32.2. The fraction of sp³-hybridized carbons (Fsp3) is 0.211. The SMILES string of the molecule is C[C@@H](Sc1nnc(NC(=O)CSCc2ccccc2)s1)c1ccccc1. The van der Waals surface area contributed by atoms with Crippen molar-refractivity contribution in [2.75, 3.05) is 11.1 Å². The Labute approximate surface area is 165 Å². The zero-order chi connectivity index (χ0) is 18.2. The molecule has 3 rings (SSSR count). The van der Waals surface area contributed by atoms with Gasteiger partial charge in [0.25, 0.3) is 0 Å². The summed E-state index contributed by atoms with van der Waals surface area (Å²) in [7, 11) is 0. The van der Waals surface area contributed by atoms with Crippen LogP contribution in [0.1, 0.15) is 23.3 Å². The van der Waals surface area contributed by atoms with Crippen LogP contribution < -0.4 is 5.32 Å². The van der Waals surface area contributed by atoms with Crippen LogP contribution in [0.3, 0.4) is 0 Å². The molecule has 7 heteroatoms. The molecule has 0 aliphatic rings. The van der Waals surface area contributed by atoms with Crippen LogP contribution in [-0.2, 0) is 10.5 Å². The molecule has 3 aromatic rings. The second-order valence-corrected chi connectivity index (χ2v) is 9.12. The summed E-state index contributed by atoms with van der Waals surface area (Å²) in [5, 5.41) is 11.9. The molecule has 2 aromatic carbocycles. The number of aromatic nitrogens is 2. The molecule has 1 atom stereocenters. The summed E-state index contributed by atoms with van der Waals surface area (Å²) >= 11 is 4.65. The van der Waals surface area contributed by atoms with E-state index >= 15 is 0 Å². The van der Waals surface area contributed by atoms with E-state index in [-0.39, 0.29) is 11.2 Å². The maximum absolute atomic E-state index is 12.1. The summed E-state index contributed by atoms with van der Waals surface area (Å²) in [5.74, 6) is 1.17. The number of nitrogens with zero attached hydrogens (tertiary/aromatic N) is 2. The van der Waals surface area contributed by atoms with E-state index in [0.29, 0.717) is 10.9 Å². The molecule has 4 nitrogen and oxygen atoms in total. The highest BCUT2D eigenvalue weighted by Gasteiger charge is 2.13. The van der Waals surface area contributed by atoms with E-state index in [1.807, 2.05) is 36.4 Å². The Morgan fingerprint density at radius 2 is 1.77 bits per heavy atom. The van der Waals surface area contributed by atoms with Crippen molar-refractivity contribution in [2.45, 2.75) is 22.3 Å². The number of anilines is 1. The van der Waals surface area contributed by atoms with Gasteiger partial charge in [-0.2, -0.15) is 0 Å². The lowest BCUT2D eigenvalue weighted by Crippen LogP contribution is -2.13. The first-order valence-corrected chi connectivity index (χ1v) is 11.0. The molecule has 1 amide bonds. The minimum atomic E-state index is -0.0465. The van der Waals surface area contributed by atoms with Crippen molar-refractivity contribution in [3.8, 4) is 0 Å². The summed E-state index contributed by atoms with van der Waals surface area (Å²) in [6, 6.07) is 20.4. The number of carbonyl (C=O) groups excluding carboxylic acids is 1. The lowest BCUT2D eigenvalue weighted by Gasteiger charge is -2.08. The predicted molar refractivity (Wildman–Crippen MR) is 112 cm³/mol. The van der Waals surface area contributed by atoms with Crippen LogP contribution in [-0.4, -0.2) is 21.9 Å². The van der Waals surface area contributed by atoms with Gasteiger partial charge in [-0.05, 0) is 18.1 Å². The molecular formula is C19H19N3OS3. The van der Waals surface area contributed by atoms with Crippen LogP contribution in [0, 0.1) is 0 Å². The minimum Gasteiger partial charge on any atom is -0.300 e. The summed E-state index contributed by atoms with van der Waals surface area (Å²) < 4.78 is 0.855. The Morgan fingerprint density at radius 3 is 2.50 bits per heavy atom. The van der Waals surface area contributed by atoms with Gasteiger partial charge in [0.15, 0.2) is 4.34 Å². The average molecular weight is 402 g/mol.